The second kappa shape index (κ2) is 8.89. The molecule has 0 aromatic heterocycles. The third kappa shape index (κ3) is 3.47. The van der Waals surface area contributed by atoms with Crippen molar-refractivity contribution in [2.24, 2.45) is 34.5 Å². The molecule has 4 aliphatic rings. The number of carbonyl (C=O) groups is 1. The Bertz CT molecular complexity index is 1650. The molecule has 2 nitrogen and oxygen atoms in total. The average molecular weight is 531 g/mol. The second-order valence-electron chi connectivity index (χ2n) is 14.4. The number of aliphatic hydroxyl groups excluding tert-OH is 1. The predicted octanol–water partition coefficient (Wildman–Crippen LogP) is 9.03. The van der Waals surface area contributed by atoms with Gasteiger partial charge < -0.3 is 5.11 Å². The number of carbonyl (C=O) groups excluding carboxylic acids is 1. The molecule has 0 spiro atoms. The summed E-state index contributed by atoms with van der Waals surface area (Å²) in [4.78, 5) is 14.0. The highest BCUT2D eigenvalue weighted by molar-refractivity contribution is 6.23. The summed E-state index contributed by atoms with van der Waals surface area (Å²) in [6.45, 7) is 4.98. The van der Waals surface area contributed by atoms with E-state index >= 15 is 0 Å². The van der Waals surface area contributed by atoms with Crippen LogP contribution in [0.3, 0.4) is 0 Å². The summed E-state index contributed by atoms with van der Waals surface area (Å²) in [6.07, 6.45) is 12.7. The van der Waals surface area contributed by atoms with E-state index in [0.717, 1.165) is 44.4 Å². The van der Waals surface area contributed by atoms with Gasteiger partial charge in [-0.05, 0) is 124 Å². The van der Waals surface area contributed by atoms with Gasteiger partial charge in [-0.2, -0.15) is 0 Å². The maximum atomic E-state index is 14.0. The van der Waals surface area contributed by atoms with Crippen LogP contribution in [0.1, 0.15) is 77.2 Å². The fourth-order valence-corrected chi connectivity index (χ4v) is 10.6. The Morgan fingerprint density at radius 2 is 1.60 bits per heavy atom. The highest BCUT2D eigenvalue weighted by atomic mass is 16.3. The Kier molecular flexibility index (Phi) is 5.57. The van der Waals surface area contributed by atoms with E-state index in [1.807, 2.05) is 0 Å². The summed E-state index contributed by atoms with van der Waals surface area (Å²) in [5.41, 5.74) is 3.27. The fraction of sp³-hybridized carbons (Fsp3) is 0.500. The lowest BCUT2D eigenvalue weighted by atomic mass is 9.47. The first-order valence-electron chi connectivity index (χ1n) is 15.9. The van der Waals surface area contributed by atoms with Crippen LogP contribution < -0.4 is 0 Å². The number of aryl methyl sites for hydroxylation is 1. The molecular formula is C38H42O2. The van der Waals surface area contributed by atoms with Gasteiger partial charge in [0, 0.05) is 12.3 Å². The predicted molar refractivity (Wildman–Crippen MR) is 165 cm³/mol. The number of allylic oxidation sites excluding steroid dienone is 1. The molecule has 2 heteroatoms. The number of hydrogen-bond acceptors (Lipinski definition) is 2. The van der Waals surface area contributed by atoms with Crippen LogP contribution >= 0.6 is 0 Å². The van der Waals surface area contributed by atoms with Gasteiger partial charge in [0.25, 0.3) is 0 Å². The normalized spacial score (nSPS) is 35.5. The van der Waals surface area contributed by atoms with E-state index in [9.17, 15) is 9.90 Å². The first kappa shape index (κ1) is 25.0. The van der Waals surface area contributed by atoms with Crippen LogP contribution in [0.15, 0.2) is 66.2 Å². The Morgan fingerprint density at radius 1 is 0.850 bits per heavy atom. The van der Waals surface area contributed by atoms with Gasteiger partial charge >= 0.3 is 0 Å². The lowest BCUT2D eigenvalue weighted by Gasteiger charge is -2.58. The monoisotopic (exact) mass is 530 g/mol. The third-order valence-corrected chi connectivity index (χ3v) is 12.7. The Labute approximate surface area is 238 Å². The molecule has 4 aromatic rings. The van der Waals surface area contributed by atoms with Gasteiger partial charge in [0.15, 0.2) is 0 Å². The molecule has 3 fully saturated rings. The van der Waals surface area contributed by atoms with Crippen molar-refractivity contribution in [2.45, 2.75) is 84.2 Å². The topological polar surface area (TPSA) is 37.3 Å². The molecule has 8 rings (SSSR count). The number of aliphatic hydroxyl groups is 1. The minimum Gasteiger partial charge on any atom is -0.393 e. The summed E-state index contributed by atoms with van der Waals surface area (Å²) in [7, 11) is 0. The Balaban J connectivity index is 1.04. The van der Waals surface area contributed by atoms with Gasteiger partial charge in [0.2, 0.25) is 0 Å². The Hall–Kier alpha value is -2.71. The van der Waals surface area contributed by atoms with Crippen molar-refractivity contribution >= 4 is 38.1 Å². The number of ketones is 1. The molecule has 0 unspecified atom stereocenters. The first-order chi connectivity index (χ1) is 19.4. The van der Waals surface area contributed by atoms with Gasteiger partial charge in [0.05, 0.1) is 6.10 Å². The van der Waals surface area contributed by atoms with Crippen LogP contribution in [0.5, 0.6) is 0 Å². The SMILES string of the molecule is C[C@]12CC[C@H]3[C@@H](CC=C4C[C@@H](O)CC[C@@]43C)[C@@H]1CC[C@@H]2C(=O)CCc1ccc2ccc3cccc4ccc1c2c34. The van der Waals surface area contributed by atoms with E-state index < -0.39 is 0 Å². The number of benzene rings is 4. The molecule has 0 bridgehead atoms. The number of fused-ring (bicyclic) bond motifs is 5. The summed E-state index contributed by atoms with van der Waals surface area (Å²) in [5.74, 6) is 2.82. The van der Waals surface area contributed by atoms with E-state index in [0.29, 0.717) is 24.0 Å². The van der Waals surface area contributed by atoms with Crippen LogP contribution in [0.2, 0.25) is 0 Å². The molecule has 0 saturated heterocycles. The van der Waals surface area contributed by atoms with Gasteiger partial charge in [-0.3, -0.25) is 4.79 Å². The van der Waals surface area contributed by atoms with Crippen LogP contribution in [-0.4, -0.2) is 17.0 Å². The van der Waals surface area contributed by atoms with Gasteiger partial charge in [0.1, 0.15) is 5.78 Å². The van der Waals surface area contributed by atoms with Gasteiger partial charge in [-0.1, -0.05) is 80.1 Å². The molecule has 3 saturated carbocycles. The molecule has 0 radical (unpaired) electrons. The molecule has 7 atom stereocenters. The summed E-state index contributed by atoms with van der Waals surface area (Å²) in [5, 5.41) is 18.3. The molecule has 40 heavy (non-hydrogen) atoms. The minimum atomic E-state index is -0.147. The summed E-state index contributed by atoms with van der Waals surface area (Å²) < 4.78 is 0. The first-order valence-corrected chi connectivity index (χ1v) is 15.9. The van der Waals surface area contributed by atoms with Crippen molar-refractivity contribution in [3.63, 3.8) is 0 Å². The van der Waals surface area contributed by atoms with Crippen molar-refractivity contribution in [2.75, 3.05) is 0 Å². The third-order valence-electron chi connectivity index (χ3n) is 12.7. The van der Waals surface area contributed by atoms with E-state index in [1.165, 1.54) is 62.7 Å². The standard InChI is InChI=1S/C38H42O2/c1-37-20-18-28(39)22-27(37)12-14-30-31-15-16-33(38(31,2)21-19-32(30)37)34(40)17-11-23-6-7-26-9-8-24-4-3-5-25-10-13-29(23)36(26)35(24)25/h3-10,12-13,28,30-33,39H,11,14-22H2,1-2H3/t28-,30-,31-,32-,33+,37-,38-/m0/s1. The number of hydrogen-bond donors (Lipinski definition) is 1. The zero-order valence-electron chi connectivity index (χ0n) is 24.1. The number of Topliss-reactive ketones (excluding diaryl/α,β-unsaturated/α-hetero) is 1. The second-order valence-corrected chi connectivity index (χ2v) is 14.4. The van der Waals surface area contributed by atoms with Gasteiger partial charge in [-0.15, -0.1) is 0 Å². The molecule has 206 valence electrons. The van der Waals surface area contributed by atoms with E-state index in [-0.39, 0.29) is 22.9 Å². The molecule has 0 heterocycles. The summed E-state index contributed by atoms with van der Waals surface area (Å²) >= 11 is 0. The summed E-state index contributed by atoms with van der Waals surface area (Å²) in [6, 6.07) is 20.1. The highest BCUT2D eigenvalue weighted by Gasteiger charge is 2.59. The molecule has 4 aliphatic carbocycles. The van der Waals surface area contributed by atoms with Crippen molar-refractivity contribution in [1.82, 2.24) is 0 Å². The maximum absolute atomic E-state index is 14.0. The van der Waals surface area contributed by atoms with Crippen molar-refractivity contribution in [1.29, 1.82) is 0 Å². The molecule has 1 N–H and O–H groups in total. The van der Waals surface area contributed by atoms with E-state index in [4.69, 9.17) is 0 Å². The quantitative estimate of drug-likeness (QED) is 0.211. The van der Waals surface area contributed by atoms with Crippen molar-refractivity contribution in [3.8, 4) is 0 Å². The Morgan fingerprint density at radius 3 is 2.42 bits per heavy atom. The molecule has 0 aliphatic heterocycles. The fourth-order valence-electron chi connectivity index (χ4n) is 10.6. The largest absolute Gasteiger partial charge is 0.393 e. The average Bonchev–Trinajstić information content (AvgIpc) is 3.32. The van der Waals surface area contributed by atoms with Crippen molar-refractivity contribution < 1.29 is 9.90 Å². The van der Waals surface area contributed by atoms with Crippen LogP contribution in [-0.2, 0) is 11.2 Å². The van der Waals surface area contributed by atoms with Crippen LogP contribution in [0, 0.1) is 34.5 Å². The lowest BCUT2D eigenvalue weighted by Crippen LogP contribution is -2.51. The number of rotatable bonds is 4. The van der Waals surface area contributed by atoms with Gasteiger partial charge in [-0.25, -0.2) is 0 Å². The van der Waals surface area contributed by atoms with Crippen molar-refractivity contribution in [3.05, 3.63) is 71.8 Å². The van der Waals surface area contributed by atoms with Crippen LogP contribution in [0.4, 0.5) is 0 Å². The molecular weight excluding hydrogens is 488 g/mol. The maximum Gasteiger partial charge on any atom is 0.136 e. The molecule has 4 aromatic carbocycles. The van der Waals surface area contributed by atoms with E-state index in [2.05, 4.69) is 74.5 Å². The highest BCUT2D eigenvalue weighted by Crippen LogP contribution is 2.66. The zero-order valence-corrected chi connectivity index (χ0v) is 24.1. The smallest absolute Gasteiger partial charge is 0.136 e. The lowest BCUT2D eigenvalue weighted by molar-refractivity contribution is -0.129. The minimum absolute atomic E-state index is 0.147. The van der Waals surface area contributed by atoms with E-state index in [1.54, 1.807) is 0 Å². The van der Waals surface area contributed by atoms with Crippen LogP contribution in [0.25, 0.3) is 32.3 Å². The zero-order chi connectivity index (χ0) is 27.2. The molecule has 0 amide bonds.